The van der Waals surface area contributed by atoms with E-state index in [-0.39, 0.29) is 13.0 Å². The summed E-state index contributed by atoms with van der Waals surface area (Å²) in [6.07, 6.45) is 4.03. The Morgan fingerprint density at radius 2 is 2.03 bits per heavy atom. The summed E-state index contributed by atoms with van der Waals surface area (Å²) in [4.78, 5) is 29.9. The Morgan fingerprint density at radius 3 is 2.69 bits per heavy atom. The first kappa shape index (κ1) is 18.5. The SMILES string of the molecule is NC(=O)CC[C@H]1CN(c2ccc(-c3ccc(-n4nccn4)nc3)c(F)c2)C(=O)O1. The van der Waals surface area contributed by atoms with Gasteiger partial charge >= 0.3 is 6.09 Å². The molecule has 0 bridgehead atoms. The van der Waals surface area contributed by atoms with Gasteiger partial charge in [0.15, 0.2) is 5.82 Å². The second-order valence-electron chi connectivity index (χ2n) is 6.51. The maximum absolute atomic E-state index is 14.7. The number of nitrogens with two attached hydrogens (primary N) is 1. The summed E-state index contributed by atoms with van der Waals surface area (Å²) in [5.74, 6) is -0.446. The van der Waals surface area contributed by atoms with Crippen LogP contribution < -0.4 is 10.6 Å². The van der Waals surface area contributed by atoms with Crippen LogP contribution in [0.3, 0.4) is 0 Å². The minimum absolute atomic E-state index is 0.121. The summed E-state index contributed by atoms with van der Waals surface area (Å²) in [5.41, 5.74) is 6.43. The molecule has 1 fully saturated rings. The number of primary amides is 1. The Hall–Kier alpha value is -3.82. The molecule has 29 heavy (non-hydrogen) atoms. The van der Waals surface area contributed by atoms with Gasteiger partial charge in [-0.3, -0.25) is 9.69 Å². The normalized spacial score (nSPS) is 16.1. The van der Waals surface area contributed by atoms with E-state index in [2.05, 4.69) is 15.2 Å². The third-order valence-electron chi connectivity index (χ3n) is 4.53. The molecule has 148 valence electrons. The number of carbonyl (C=O) groups is 2. The van der Waals surface area contributed by atoms with Crippen LogP contribution >= 0.6 is 0 Å². The number of halogens is 1. The molecule has 4 rings (SSSR count). The molecule has 3 heterocycles. The van der Waals surface area contributed by atoms with Gasteiger partial charge in [0.25, 0.3) is 0 Å². The van der Waals surface area contributed by atoms with Crippen LogP contribution in [0.25, 0.3) is 16.9 Å². The van der Waals surface area contributed by atoms with E-state index in [9.17, 15) is 14.0 Å². The first-order valence-electron chi connectivity index (χ1n) is 8.90. The third-order valence-corrected chi connectivity index (χ3v) is 4.53. The van der Waals surface area contributed by atoms with Crippen LogP contribution in [0.4, 0.5) is 14.9 Å². The first-order chi connectivity index (χ1) is 14.0. The molecule has 10 heteroatoms. The van der Waals surface area contributed by atoms with Crippen LogP contribution in [0.1, 0.15) is 12.8 Å². The number of aromatic nitrogens is 4. The molecule has 1 saturated heterocycles. The summed E-state index contributed by atoms with van der Waals surface area (Å²) in [6.45, 7) is 0.234. The highest BCUT2D eigenvalue weighted by Gasteiger charge is 2.32. The summed E-state index contributed by atoms with van der Waals surface area (Å²) in [6, 6.07) is 7.89. The van der Waals surface area contributed by atoms with Crippen LogP contribution in [0, 0.1) is 5.82 Å². The molecule has 0 radical (unpaired) electrons. The van der Waals surface area contributed by atoms with Crippen LogP contribution in [-0.4, -0.2) is 44.6 Å². The van der Waals surface area contributed by atoms with Gasteiger partial charge < -0.3 is 10.5 Å². The average molecular weight is 396 g/mol. The van der Waals surface area contributed by atoms with Gasteiger partial charge in [0.2, 0.25) is 5.91 Å². The van der Waals surface area contributed by atoms with Gasteiger partial charge in [0, 0.05) is 23.7 Å². The number of benzene rings is 1. The highest BCUT2D eigenvalue weighted by Crippen LogP contribution is 2.29. The van der Waals surface area contributed by atoms with Crippen molar-refractivity contribution >= 4 is 17.7 Å². The van der Waals surface area contributed by atoms with Crippen molar-refractivity contribution in [2.45, 2.75) is 18.9 Å². The first-order valence-corrected chi connectivity index (χ1v) is 8.90. The van der Waals surface area contributed by atoms with E-state index in [4.69, 9.17) is 10.5 Å². The van der Waals surface area contributed by atoms with Crippen LogP contribution in [0.15, 0.2) is 48.9 Å². The van der Waals surface area contributed by atoms with Crippen molar-refractivity contribution in [3.8, 4) is 16.9 Å². The van der Waals surface area contributed by atoms with Gasteiger partial charge in [-0.2, -0.15) is 10.2 Å². The summed E-state index contributed by atoms with van der Waals surface area (Å²) < 4.78 is 20.0. The zero-order valence-corrected chi connectivity index (χ0v) is 15.2. The molecule has 9 nitrogen and oxygen atoms in total. The van der Waals surface area contributed by atoms with E-state index < -0.39 is 23.9 Å². The number of hydrogen-bond acceptors (Lipinski definition) is 6. The maximum atomic E-state index is 14.7. The Kier molecular flexibility index (Phi) is 4.90. The van der Waals surface area contributed by atoms with Crippen molar-refractivity contribution in [1.82, 2.24) is 20.0 Å². The highest BCUT2D eigenvalue weighted by atomic mass is 19.1. The van der Waals surface area contributed by atoms with Gasteiger partial charge in [0.1, 0.15) is 11.9 Å². The fourth-order valence-electron chi connectivity index (χ4n) is 3.09. The number of ether oxygens (including phenoxy) is 1. The van der Waals surface area contributed by atoms with Gasteiger partial charge in [-0.1, -0.05) is 0 Å². The topological polar surface area (TPSA) is 116 Å². The van der Waals surface area contributed by atoms with Crippen molar-refractivity contribution in [3.05, 3.63) is 54.7 Å². The number of pyridine rings is 1. The van der Waals surface area contributed by atoms with Crippen molar-refractivity contribution in [2.24, 2.45) is 5.73 Å². The standard InChI is InChI=1S/C19H17FN6O3/c20-16-9-13(25-11-14(29-19(25)28)3-5-17(21)27)2-4-15(16)12-1-6-18(22-10-12)26-23-7-8-24-26/h1-2,4,6-10,14H,3,5,11H2,(H2,21,27)/t14-/m0/s1. The van der Waals surface area contributed by atoms with Gasteiger partial charge in [0.05, 0.1) is 24.6 Å². The fraction of sp³-hybridized carbons (Fsp3) is 0.211. The molecule has 0 spiro atoms. The Morgan fingerprint density at radius 1 is 1.24 bits per heavy atom. The van der Waals surface area contributed by atoms with Crippen molar-refractivity contribution in [1.29, 1.82) is 0 Å². The molecule has 0 unspecified atom stereocenters. The number of rotatable bonds is 6. The molecular formula is C19H17FN6O3. The fourth-order valence-corrected chi connectivity index (χ4v) is 3.09. The van der Waals surface area contributed by atoms with Gasteiger partial charge in [-0.25, -0.2) is 14.2 Å². The largest absolute Gasteiger partial charge is 0.444 e. The van der Waals surface area contributed by atoms with Gasteiger partial charge in [-0.15, -0.1) is 4.80 Å². The number of amides is 2. The van der Waals surface area contributed by atoms with Crippen molar-refractivity contribution < 1.29 is 18.7 Å². The lowest BCUT2D eigenvalue weighted by molar-refractivity contribution is -0.118. The molecule has 1 aliphatic rings. The van der Waals surface area contributed by atoms with E-state index in [1.807, 2.05) is 0 Å². The van der Waals surface area contributed by atoms with Crippen molar-refractivity contribution in [3.63, 3.8) is 0 Å². The number of hydrogen-bond donors (Lipinski definition) is 1. The molecular weight excluding hydrogens is 379 g/mol. The highest BCUT2D eigenvalue weighted by molar-refractivity contribution is 5.90. The molecule has 1 aromatic carbocycles. The predicted octanol–water partition coefficient (Wildman–Crippen LogP) is 2.06. The summed E-state index contributed by atoms with van der Waals surface area (Å²) in [7, 11) is 0. The lowest BCUT2D eigenvalue weighted by atomic mass is 10.1. The molecule has 2 N–H and O–H groups in total. The zero-order chi connectivity index (χ0) is 20.4. The maximum Gasteiger partial charge on any atom is 0.414 e. The molecule has 1 atom stereocenters. The lowest BCUT2D eigenvalue weighted by Crippen LogP contribution is -2.25. The minimum Gasteiger partial charge on any atom is -0.444 e. The predicted molar refractivity (Wildman–Crippen MR) is 101 cm³/mol. The minimum atomic E-state index is -0.579. The van der Waals surface area contributed by atoms with E-state index >= 15 is 0 Å². The van der Waals surface area contributed by atoms with E-state index in [1.165, 1.54) is 34.4 Å². The second kappa shape index (κ2) is 7.66. The quantitative estimate of drug-likeness (QED) is 0.682. The molecule has 3 aromatic rings. The zero-order valence-electron chi connectivity index (χ0n) is 15.2. The van der Waals surface area contributed by atoms with Crippen LogP contribution in [0.5, 0.6) is 0 Å². The monoisotopic (exact) mass is 396 g/mol. The number of carbonyl (C=O) groups excluding carboxylic acids is 2. The number of anilines is 1. The van der Waals surface area contributed by atoms with Crippen LogP contribution in [0.2, 0.25) is 0 Å². The number of cyclic esters (lactones) is 1. The van der Waals surface area contributed by atoms with E-state index in [0.29, 0.717) is 29.1 Å². The smallest absolute Gasteiger partial charge is 0.414 e. The molecule has 0 saturated carbocycles. The Labute approximate surface area is 164 Å². The second-order valence-corrected chi connectivity index (χ2v) is 6.51. The Balaban J connectivity index is 1.51. The molecule has 0 aliphatic carbocycles. The molecule has 2 aromatic heterocycles. The van der Waals surface area contributed by atoms with Crippen molar-refractivity contribution in [2.75, 3.05) is 11.4 Å². The molecule has 2 amide bonds. The van der Waals surface area contributed by atoms with Crippen LogP contribution in [-0.2, 0) is 9.53 Å². The molecule has 1 aliphatic heterocycles. The lowest BCUT2D eigenvalue weighted by Gasteiger charge is -2.14. The third kappa shape index (κ3) is 3.91. The van der Waals surface area contributed by atoms with Gasteiger partial charge in [-0.05, 0) is 36.8 Å². The average Bonchev–Trinajstić information content (AvgIpc) is 3.36. The summed E-state index contributed by atoms with van der Waals surface area (Å²) in [5, 5.41) is 7.98. The van der Waals surface area contributed by atoms with E-state index in [0.717, 1.165) is 0 Å². The van der Waals surface area contributed by atoms with E-state index in [1.54, 1.807) is 24.3 Å². The Bertz CT molecular complexity index is 1040. The summed E-state index contributed by atoms with van der Waals surface area (Å²) >= 11 is 0. The number of nitrogens with zero attached hydrogens (tertiary/aromatic N) is 5.